The van der Waals surface area contributed by atoms with E-state index in [4.69, 9.17) is 5.73 Å². The van der Waals surface area contributed by atoms with Gasteiger partial charge in [0.05, 0.1) is 6.54 Å². The zero-order valence-corrected chi connectivity index (χ0v) is 15.9. The normalized spacial score (nSPS) is 13.5. The number of hydrogen-bond donors (Lipinski definition) is 1. The van der Waals surface area contributed by atoms with Crippen molar-refractivity contribution in [3.63, 3.8) is 0 Å². The van der Waals surface area contributed by atoms with Gasteiger partial charge in [0, 0.05) is 12.1 Å². The van der Waals surface area contributed by atoms with Crippen molar-refractivity contribution in [2.24, 2.45) is 16.6 Å². The van der Waals surface area contributed by atoms with Crippen LogP contribution < -0.4 is 10.3 Å². The molecule has 0 saturated carbocycles. The monoisotopic (exact) mass is 305 g/mol. The van der Waals surface area contributed by atoms with Crippen LogP contribution in [0.4, 0.5) is 0 Å². The Morgan fingerprint density at radius 2 is 1.45 bits per heavy atom. The molecule has 0 atom stereocenters. The molecule has 1 rings (SSSR count). The molecular weight excluding hydrogens is 268 g/mol. The van der Waals surface area contributed by atoms with E-state index in [0.717, 1.165) is 6.54 Å². The Balaban J connectivity index is 2.98. The first-order valence-electron chi connectivity index (χ1n) is 8.81. The van der Waals surface area contributed by atoms with Gasteiger partial charge in [0.25, 0.3) is 0 Å². The van der Waals surface area contributed by atoms with Gasteiger partial charge in [-0.3, -0.25) is 0 Å². The van der Waals surface area contributed by atoms with Gasteiger partial charge in [-0.1, -0.05) is 61.3 Å². The van der Waals surface area contributed by atoms with Gasteiger partial charge in [-0.15, -0.1) is 0 Å². The molecule has 0 aliphatic carbocycles. The van der Waals surface area contributed by atoms with Crippen molar-refractivity contribution in [3.05, 3.63) is 30.1 Å². The first kappa shape index (κ1) is 19.2. The summed E-state index contributed by atoms with van der Waals surface area (Å²) in [7, 11) is 0. The molecule has 1 aromatic rings. The quantitative estimate of drug-likeness (QED) is 0.706. The van der Waals surface area contributed by atoms with Gasteiger partial charge in [-0.05, 0) is 28.2 Å². The fraction of sp³-hybridized carbons (Fsp3) is 0.750. The second-order valence-corrected chi connectivity index (χ2v) is 8.33. The van der Waals surface area contributed by atoms with E-state index in [1.807, 2.05) is 0 Å². The molecule has 0 bridgehead atoms. The minimum Gasteiger partial charge on any atom is -0.325 e. The highest BCUT2D eigenvalue weighted by molar-refractivity contribution is 5.20. The van der Waals surface area contributed by atoms with Crippen molar-refractivity contribution in [1.82, 2.24) is 0 Å². The molecule has 0 spiro atoms. The summed E-state index contributed by atoms with van der Waals surface area (Å²) in [5, 5.41) is 0. The van der Waals surface area contributed by atoms with Crippen molar-refractivity contribution in [1.29, 1.82) is 0 Å². The van der Waals surface area contributed by atoms with Crippen LogP contribution in [-0.4, -0.2) is 6.54 Å². The molecule has 0 fully saturated rings. The molecule has 2 heteroatoms. The highest BCUT2D eigenvalue weighted by atomic mass is 14.9. The average Bonchev–Trinajstić information content (AvgIpc) is 2.46. The highest BCUT2D eigenvalue weighted by Gasteiger charge is 2.42. The standard InChI is InChI=1S/C20H37N2/c1-8-20(7,9-2)19(5,6)16-18(3,4)17-10-13-22(14-11-17)15-12-21/h10-11,13-14H,8-9,12,15-16,21H2,1-7H3/q+1. The summed E-state index contributed by atoms with van der Waals surface area (Å²) in [4.78, 5) is 0. The third-order valence-corrected chi connectivity index (χ3v) is 6.14. The SMILES string of the molecule is CCC(C)(CC)C(C)(C)CC(C)(C)c1cc[n+](CCN)cc1. The van der Waals surface area contributed by atoms with E-state index in [1.54, 1.807) is 0 Å². The molecule has 1 aromatic heterocycles. The van der Waals surface area contributed by atoms with Crippen LogP contribution in [0.15, 0.2) is 24.5 Å². The Morgan fingerprint density at radius 3 is 1.86 bits per heavy atom. The molecule has 0 radical (unpaired) electrons. The van der Waals surface area contributed by atoms with E-state index in [-0.39, 0.29) is 5.41 Å². The van der Waals surface area contributed by atoms with Gasteiger partial charge in [0.1, 0.15) is 0 Å². The Kier molecular flexibility index (Phi) is 6.20. The van der Waals surface area contributed by atoms with Crippen LogP contribution >= 0.6 is 0 Å². The summed E-state index contributed by atoms with van der Waals surface area (Å²) in [6.07, 6.45) is 7.99. The molecular formula is C20H37N2+. The van der Waals surface area contributed by atoms with E-state index in [0.29, 0.717) is 17.4 Å². The summed E-state index contributed by atoms with van der Waals surface area (Å²) in [5.74, 6) is 0. The van der Waals surface area contributed by atoms with Crippen LogP contribution in [-0.2, 0) is 12.0 Å². The van der Waals surface area contributed by atoms with Crippen molar-refractivity contribution in [3.8, 4) is 0 Å². The number of nitrogens with two attached hydrogens (primary N) is 1. The molecule has 126 valence electrons. The van der Waals surface area contributed by atoms with Gasteiger partial charge < -0.3 is 5.73 Å². The van der Waals surface area contributed by atoms with Crippen LogP contribution in [0.2, 0.25) is 0 Å². The Hall–Kier alpha value is -0.890. The highest BCUT2D eigenvalue weighted by Crippen LogP contribution is 2.50. The predicted octanol–water partition coefficient (Wildman–Crippen LogP) is 4.45. The Labute approximate surface area is 138 Å². The lowest BCUT2D eigenvalue weighted by molar-refractivity contribution is -0.694. The van der Waals surface area contributed by atoms with Crippen molar-refractivity contribution >= 4 is 0 Å². The number of pyridine rings is 1. The fourth-order valence-corrected chi connectivity index (χ4v) is 3.83. The van der Waals surface area contributed by atoms with E-state index in [1.165, 1.54) is 24.8 Å². The smallest absolute Gasteiger partial charge is 0.169 e. The third-order valence-electron chi connectivity index (χ3n) is 6.14. The van der Waals surface area contributed by atoms with Gasteiger partial charge >= 0.3 is 0 Å². The topological polar surface area (TPSA) is 29.9 Å². The Morgan fingerprint density at radius 1 is 0.955 bits per heavy atom. The molecule has 0 aliphatic heterocycles. The molecule has 1 heterocycles. The lowest BCUT2D eigenvalue weighted by atomic mass is 9.57. The largest absolute Gasteiger partial charge is 0.325 e. The molecule has 0 aromatic carbocycles. The molecule has 22 heavy (non-hydrogen) atoms. The van der Waals surface area contributed by atoms with E-state index >= 15 is 0 Å². The third kappa shape index (κ3) is 4.10. The van der Waals surface area contributed by atoms with Crippen LogP contribution in [0.5, 0.6) is 0 Å². The lowest BCUT2D eigenvalue weighted by Crippen LogP contribution is -2.40. The number of aromatic nitrogens is 1. The molecule has 0 saturated heterocycles. The second-order valence-electron chi connectivity index (χ2n) is 8.33. The van der Waals surface area contributed by atoms with Gasteiger partial charge in [-0.2, -0.15) is 0 Å². The van der Waals surface area contributed by atoms with E-state index in [2.05, 4.69) is 77.6 Å². The van der Waals surface area contributed by atoms with Crippen LogP contribution in [0.1, 0.15) is 73.3 Å². The maximum atomic E-state index is 5.63. The predicted molar refractivity (Wildman–Crippen MR) is 95.8 cm³/mol. The number of hydrogen-bond acceptors (Lipinski definition) is 1. The van der Waals surface area contributed by atoms with Crippen LogP contribution in [0.25, 0.3) is 0 Å². The summed E-state index contributed by atoms with van der Waals surface area (Å²) in [6.45, 7) is 18.3. The van der Waals surface area contributed by atoms with Gasteiger partial charge in [0.2, 0.25) is 0 Å². The summed E-state index contributed by atoms with van der Waals surface area (Å²) >= 11 is 0. The molecule has 0 unspecified atom stereocenters. The maximum absolute atomic E-state index is 5.63. The minimum absolute atomic E-state index is 0.177. The van der Waals surface area contributed by atoms with Crippen LogP contribution in [0.3, 0.4) is 0 Å². The first-order valence-corrected chi connectivity index (χ1v) is 8.81. The zero-order chi connectivity index (χ0) is 17.0. The molecule has 0 aliphatic rings. The minimum atomic E-state index is 0.177. The number of rotatable bonds is 8. The van der Waals surface area contributed by atoms with Crippen molar-refractivity contribution < 1.29 is 4.57 Å². The average molecular weight is 306 g/mol. The van der Waals surface area contributed by atoms with E-state index in [9.17, 15) is 0 Å². The van der Waals surface area contributed by atoms with Gasteiger partial charge in [0.15, 0.2) is 18.9 Å². The van der Waals surface area contributed by atoms with E-state index < -0.39 is 0 Å². The van der Waals surface area contributed by atoms with Crippen molar-refractivity contribution in [2.45, 2.75) is 79.7 Å². The maximum Gasteiger partial charge on any atom is 0.169 e. The molecule has 2 N–H and O–H groups in total. The second kappa shape index (κ2) is 7.12. The zero-order valence-electron chi connectivity index (χ0n) is 15.9. The number of nitrogens with zero attached hydrogens (tertiary/aromatic N) is 1. The van der Waals surface area contributed by atoms with Gasteiger partial charge in [-0.25, -0.2) is 4.57 Å². The summed E-state index contributed by atoms with van der Waals surface area (Å²) in [6, 6.07) is 4.53. The Bertz CT molecular complexity index is 453. The van der Waals surface area contributed by atoms with Crippen molar-refractivity contribution in [2.75, 3.05) is 6.54 Å². The molecule has 0 amide bonds. The lowest BCUT2D eigenvalue weighted by Gasteiger charge is -2.47. The summed E-state index contributed by atoms with van der Waals surface area (Å²) < 4.78 is 2.16. The summed E-state index contributed by atoms with van der Waals surface area (Å²) in [5.41, 5.74) is 7.92. The first-order chi connectivity index (χ1) is 10.1. The van der Waals surface area contributed by atoms with Crippen LogP contribution in [0, 0.1) is 10.8 Å². The molecule has 2 nitrogen and oxygen atoms in total. The fourth-order valence-electron chi connectivity index (χ4n) is 3.83.